The minimum Gasteiger partial charge on any atom is -0.377 e. The zero-order valence-electron chi connectivity index (χ0n) is 14.4. The van der Waals surface area contributed by atoms with Crippen molar-refractivity contribution in [3.8, 4) is 0 Å². The van der Waals surface area contributed by atoms with Gasteiger partial charge in [-0.1, -0.05) is 6.42 Å². The van der Waals surface area contributed by atoms with E-state index in [0.29, 0.717) is 18.2 Å². The summed E-state index contributed by atoms with van der Waals surface area (Å²) in [7, 11) is -4.45. The predicted octanol–water partition coefficient (Wildman–Crippen LogP) is -0.0457. The van der Waals surface area contributed by atoms with Gasteiger partial charge in [0.25, 0.3) is 0 Å². The first-order valence-electron chi connectivity index (χ1n) is 8.58. The average molecular weight is 411 g/mol. The van der Waals surface area contributed by atoms with E-state index in [4.69, 9.17) is 14.5 Å². The van der Waals surface area contributed by atoms with Crippen LogP contribution in [0.15, 0.2) is 0 Å². The maximum absolute atomic E-state index is 11.7. The largest absolute Gasteiger partial charge is 0.469 e. The van der Waals surface area contributed by atoms with Gasteiger partial charge in [0.05, 0.1) is 31.9 Å². The van der Waals surface area contributed by atoms with Crippen molar-refractivity contribution in [1.82, 2.24) is 16.0 Å². The summed E-state index contributed by atoms with van der Waals surface area (Å²) in [5.74, 6) is 0.890. The lowest BCUT2D eigenvalue weighted by Crippen LogP contribution is -2.36. The number of phosphoric ester groups is 1. The van der Waals surface area contributed by atoms with Gasteiger partial charge in [-0.3, -0.25) is 9.32 Å². The number of ether oxygens (including phenoxy) is 1. The number of nitrogens with one attached hydrogen (secondary N) is 3. The number of phosphoric acid groups is 1. The van der Waals surface area contributed by atoms with Crippen LogP contribution in [0, 0.1) is 0 Å². The van der Waals surface area contributed by atoms with Crippen LogP contribution >= 0.6 is 19.6 Å². The average Bonchev–Trinajstić information content (AvgIpc) is 3.09. The molecule has 0 saturated carbocycles. The van der Waals surface area contributed by atoms with E-state index in [9.17, 15) is 14.2 Å². The highest BCUT2D eigenvalue weighted by Crippen LogP contribution is 2.35. The summed E-state index contributed by atoms with van der Waals surface area (Å²) < 4.78 is 19.7. The van der Waals surface area contributed by atoms with Gasteiger partial charge in [-0.25, -0.2) is 9.36 Å². The van der Waals surface area contributed by atoms with Gasteiger partial charge in [0.15, 0.2) is 0 Å². The minimum absolute atomic E-state index is 0.0483. The van der Waals surface area contributed by atoms with Gasteiger partial charge in [0.1, 0.15) is 0 Å². The van der Waals surface area contributed by atoms with E-state index in [2.05, 4.69) is 20.5 Å². The lowest BCUT2D eigenvalue weighted by Gasteiger charge is -2.16. The van der Waals surface area contributed by atoms with Gasteiger partial charge in [0.2, 0.25) is 5.91 Å². The number of hydrogen-bond acceptors (Lipinski definition) is 6. The molecule has 2 aliphatic rings. The molecule has 10 nitrogen and oxygen atoms in total. The molecule has 150 valence electrons. The Morgan fingerprint density at radius 3 is 2.85 bits per heavy atom. The van der Waals surface area contributed by atoms with E-state index in [1.165, 1.54) is 0 Å². The predicted molar refractivity (Wildman–Crippen MR) is 95.8 cm³/mol. The van der Waals surface area contributed by atoms with Crippen molar-refractivity contribution in [2.24, 2.45) is 0 Å². The summed E-state index contributed by atoms with van der Waals surface area (Å²) in [6.45, 7) is 0.447. The van der Waals surface area contributed by atoms with Gasteiger partial charge in [-0.2, -0.15) is 11.8 Å². The summed E-state index contributed by atoms with van der Waals surface area (Å²) in [6.07, 6.45) is 3.14. The second-order valence-corrected chi connectivity index (χ2v) is 8.67. The smallest absolute Gasteiger partial charge is 0.377 e. The zero-order valence-corrected chi connectivity index (χ0v) is 16.1. The summed E-state index contributed by atoms with van der Waals surface area (Å²) >= 11 is 1.87. The van der Waals surface area contributed by atoms with Crippen LogP contribution in [-0.4, -0.2) is 71.2 Å². The molecular weight excluding hydrogens is 385 g/mol. The highest BCUT2D eigenvalue weighted by Gasteiger charge is 2.42. The molecular formula is C14H26N3O7PS. The highest BCUT2D eigenvalue weighted by atomic mass is 32.2. The molecule has 0 aromatic rings. The summed E-state index contributed by atoms with van der Waals surface area (Å²) in [5.41, 5.74) is 0. The molecule has 3 amide bonds. The van der Waals surface area contributed by atoms with Crippen LogP contribution in [0.3, 0.4) is 0 Å². The number of amides is 3. The first-order valence-corrected chi connectivity index (χ1v) is 11.2. The maximum Gasteiger partial charge on any atom is 0.469 e. The number of carbonyl (C=O) groups excluding carboxylic acids is 2. The molecule has 0 radical (unpaired) electrons. The Morgan fingerprint density at radius 1 is 1.27 bits per heavy atom. The van der Waals surface area contributed by atoms with Gasteiger partial charge in [0, 0.05) is 24.0 Å². The Morgan fingerprint density at radius 2 is 2.08 bits per heavy atom. The van der Waals surface area contributed by atoms with Gasteiger partial charge in [-0.05, 0) is 12.8 Å². The van der Waals surface area contributed by atoms with Crippen molar-refractivity contribution in [2.45, 2.75) is 43.0 Å². The van der Waals surface area contributed by atoms with Crippen LogP contribution in [0.2, 0.25) is 0 Å². The van der Waals surface area contributed by atoms with Crippen molar-refractivity contribution < 1.29 is 33.2 Å². The molecule has 0 aromatic carbocycles. The first kappa shape index (κ1) is 21.5. The van der Waals surface area contributed by atoms with Crippen molar-refractivity contribution in [1.29, 1.82) is 0 Å². The second-order valence-electron chi connectivity index (χ2n) is 6.15. The van der Waals surface area contributed by atoms with Crippen LogP contribution in [0.5, 0.6) is 0 Å². The van der Waals surface area contributed by atoms with E-state index >= 15 is 0 Å². The molecule has 2 heterocycles. The normalized spacial score (nSPS) is 24.8. The molecule has 3 atom stereocenters. The van der Waals surface area contributed by atoms with Crippen LogP contribution in [0.4, 0.5) is 4.79 Å². The van der Waals surface area contributed by atoms with Crippen molar-refractivity contribution in [3.05, 3.63) is 0 Å². The Balaban J connectivity index is 1.42. The summed E-state index contributed by atoms with van der Waals surface area (Å²) in [4.78, 5) is 40.0. The third-order valence-electron chi connectivity index (χ3n) is 4.14. The van der Waals surface area contributed by atoms with E-state index in [0.717, 1.165) is 25.0 Å². The fourth-order valence-corrected chi connectivity index (χ4v) is 4.80. The molecule has 0 spiro atoms. The molecule has 26 heavy (non-hydrogen) atoms. The number of unbranched alkanes of at least 4 members (excludes halogenated alkanes) is 1. The van der Waals surface area contributed by atoms with Gasteiger partial charge >= 0.3 is 13.9 Å². The number of hydrogen-bond donors (Lipinski definition) is 5. The molecule has 12 heteroatoms. The highest BCUT2D eigenvalue weighted by molar-refractivity contribution is 8.00. The Labute approximate surface area is 156 Å². The molecule has 2 saturated heterocycles. The van der Waals surface area contributed by atoms with Crippen LogP contribution in [-0.2, 0) is 18.6 Å². The summed E-state index contributed by atoms with van der Waals surface area (Å²) in [5, 5.41) is 9.00. The molecule has 5 N–H and O–H groups in total. The molecule has 0 aliphatic carbocycles. The third-order valence-corrected chi connectivity index (χ3v) is 6.16. The summed E-state index contributed by atoms with van der Waals surface area (Å²) in [6, 6.07) is 0.348. The Hall–Kier alpha value is -0.840. The monoisotopic (exact) mass is 411 g/mol. The van der Waals surface area contributed by atoms with E-state index in [1.807, 2.05) is 11.8 Å². The van der Waals surface area contributed by atoms with E-state index < -0.39 is 7.82 Å². The fourth-order valence-electron chi connectivity index (χ4n) is 2.94. The van der Waals surface area contributed by atoms with Gasteiger partial charge in [-0.15, -0.1) is 0 Å². The number of thioether (sulfide) groups is 1. The van der Waals surface area contributed by atoms with Crippen LogP contribution in [0.1, 0.15) is 25.7 Å². The second kappa shape index (κ2) is 10.5. The first-order chi connectivity index (χ1) is 12.3. The SMILES string of the molecule is O=C(CCCCC1SCC2NC(=O)NC21)NCCOCCOP(=O)(O)O. The lowest BCUT2D eigenvalue weighted by atomic mass is 10.0. The van der Waals surface area contributed by atoms with Crippen molar-refractivity contribution in [2.75, 3.05) is 32.1 Å². The topological polar surface area (TPSA) is 146 Å². The van der Waals surface area contributed by atoms with E-state index in [-0.39, 0.29) is 43.8 Å². The Kier molecular flexibility index (Phi) is 8.65. The molecule has 3 unspecified atom stereocenters. The molecule has 0 bridgehead atoms. The van der Waals surface area contributed by atoms with Gasteiger partial charge < -0.3 is 30.5 Å². The standard InChI is InChI=1S/C14H26N3O7PS/c18-12(15-5-6-23-7-8-24-25(20,21)22)4-2-1-3-11-13-10(9-26-11)16-14(19)17-13/h10-11,13H,1-9H2,(H,15,18)(H2,16,17,19)(H2,20,21,22). The number of urea groups is 1. The fraction of sp³-hybridized carbons (Fsp3) is 0.857. The third kappa shape index (κ3) is 7.81. The van der Waals surface area contributed by atoms with E-state index in [1.54, 1.807) is 0 Å². The van der Waals surface area contributed by atoms with Crippen LogP contribution in [0.25, 0.3) is 0 Å². The Bertz CT molecular complexity index is 533. The number of fused-ring (bicyclic) bond motifs is 1. The van der Waals surface area contributed by atoms with Crippen molar-refractivity contribution in [3.63, 3.8) is 0 Å². The van der Waals surface area contributed by atoms with Crippen molar-refractivity contribution >= 4 is 31.5 Å². The molecule has 2 rings (SSSR count). The molecule has 2 fully saturated rings. The lowest BCUT2D eigenvalue weighted by molar-refractivity contribution is -0.121. The minimum atomic E-state index is -4.45. The number of rotatable bonds is 12. The quantitative estimate of drug-likeness (QED) is 0.171. The molecule has 2 aliphatic heterocycles. The maximum atomic E-state index is 11.7. The number of carbonyl (C=O) groups is 2. The zero-order chi connectivity index (χ0) is 19.0. The van der Waals surface area contributed by atoms with Crippen LogP contribution < -0.4 is 16.0 Å². The molecule has 0 aromatic heterocycles.